The van der Waals surface area contributed by atoms with Gasteiger partial charge >= 0.3 is 0 Å². The van der Waals surface area contributed by atoms with Crippen molar-refractivity contribution < 1.29 is 14.4 Å². The fourth-order valence-electron chi connectivity index (χ4n) is 1.71. The molecule has 1 aromatic rings. The summed E-state index contributed by atoms with van der Waals surface area (Å²) in [5.74, 6) is -0.100. The molecule has 0 spiro atoms. The van der Waals surface area contributed by atoms with Gasteiger partial charge in [-0.1, -0.05) is 12.1 Å². The van der Waals surface area contributed by atoms with Crippen molar-refractivity contribution in [3.63, 3.8) is 0 Å². The van der Waals surface area contributed by atoms with Gasteiger partial charge in [0, 0.05) is 17.5 Å². The molecule has 0 aliphatic carbocycles. The van der Waals surface area contributed by atoms with Crippen molar-refractivity contribution >= 4 is 35.0 Å². The first-order valence-electron chi connectivity index (χ1n) is 6.05. The standard InChI is InChI=1S/C14H14N2O3S/c1-10(17)11-3-2-4-12(7-11)15-13(18)8-16-5-6-20-9-14(16)19/h2-7H,8-9H2,1H3,(H,15,18). The molecule has 1 N–H and O–H groups in total. The van der Waals surface area contributed by atoms with Crippen LogP contribution in [0.2, 0.25) is 0 Å². The Morgan fingerprint density at radius 3 is 2.90 bits per heavy atom. The zero-order chi connectivity index (χ0) is 14.5. The Balaban J connectivity index is 1.99. The third kappa shape index (κ3) is 3.71. The van der Waals surface area contributed by atoms with Crippen molar-refractivity contribution in [3.8, 4) is 0 Å². The van der Waals surface area contributed by atoms with E-state index in [0.717, 1.165) is 0 Å². The number of rotatable bonds is 4. The number of hydrogen-bond donors (Lipinski definition) is 1. The fourth-order valence-corrected chi connectivity index (χ4v) is 2.35. The molecule has 2 rings (SSSR count). The average molecular weight is 290 g/mol. The number of nitrogens with one attached hydrogen (secondary N) is 1. The number of carbonyl (C=O) groups excluding carboxylic acids is 3. The predicted molar refractivity (Wildman–Crippen MR) is 78.4 cm³/mol. The van der Waals surface area contributed by atoms with E-state index in [0.29, 0.717) is 17.0 Å². The van der Waals surface area contributed by atoms with Crippen molar-refractivity contribution in [2.45, 2.75) is 6.92 Å². The highest BCUT2D eigenvalue weighted by Gasteiger charge is 2.17. The first-order chi connectivity index (χ1) is 9.56. The quantitative estimate of drug-likeness (QED) is 0.860. The van der Waals surface area contributed by atoms with E-state index in [-0.39, 0.29) is 24.1 Å². The molecule has 1 heterocycles. The van der Waals surface area contributed by atoms with Crippen LogP contribution in [0, 0.1) is 0 Å². The highest BCUT2D eigenvalue weighted by atomic mass is 32.2. The molecule has 0 aromatic heterocycles. The van der Waals surface area contributed by atoms with Gasteiger partial charge in [0.15, 0.2) is 5.78 Å². The first kappa shape index (κ1) is 14.3. The van der Waals surface area contributed by atoms with Crippen LogP contribution in [0.25, 0.3) is 0 Å². The lowest BCUT2D eigenvalue weighted by Gasteiger charge is -2.20. The zero-order valence-corrected chi connectivity index (χ0v) is 11.8. The lowest BCUT2D eigenvalue weighted by atomic mass is 10.1. The molecule has 0 saturated carbocycles. The van der Waals surface area contributed by atoms with Gasteiger partial charge in [0.2, 0.25) is 11.8 Å². The van der Waals surface area contributed by atoms with E-state index < -0.39 is 0 Å². The largest absolute Gasteiger partial charge is 0.325 e. The van der Waals surface area contributed by atoms with E-state index in [1.54, 1.807) is 35.9 Å². The molecule has 20 heavy (non-hydrogen) atoms. The molecular formula is C14H14N2O3S. The highest BCUT2D eigenvalue weighted by molar-refractivity contribution is 8.02. The fraction of sp³-hybridized carbons (Fsp3) is 0.214. The predicted octanol–water partition coefficient (Wildman–Crippen LogP) is 1.87. The first-order valence-corrected chi connectivity index (χ1v) is 7.10. The second kappa shape index (κ2) is 6.38. The van der Waals surface area contributed by atoms with Crippen LogP contribution in [0.5, 0.6) is 0 Å². The Hall–Kier alpha value is -2.08. The Morgan fingerprint density at radius 2 is 2.20 bits per heavy atom. The Labute approximate surface area is 121 Å². The molecular weight excluding hydrogens is 276 g/mol. The molecule has 0 atom stereocenters. The van der Waals surface area contributed by atoms with Crippen LogP contribution >= 0.6 is 11.8 Å². The van der Waals surface area contributed by atoms with E-state index in [1.165, 1.54) is 23.6 Å². The molecule has 1 aliphatic heterocycles. The van der Waals surface area contributed by atoms with Gasteiger partial charge in [-0.2, -0.15) is 0 Å². The van der Waals surface area contributed by atoms with E-state index in [9.17, 15) is 14.4 Å². The molecule has 1 aromatic carbocycles. The van der Waals surface area contributed by atoms with Crippen LogP contribution in [0.4, 0.5) is 5.69 Å². The van der Waals surface area contributed by atoms with Crippen LogP contribution in [0.3, 0.4) is 0 Å². The third-order valence-electron chi connectivity index (χ3n) is 2.73. The second-order valence-electron chi connectivity index (χ2n) is 4.30. The number of anilines is 1. The number of hydrogen-bond acceptors (Lipinski definition) is 4. The van der Waals surface area contributed by atoms with Crippen LogP contribution in [0.1, 0.15) is 17.3 Å². The van der Waals surface area contributed by atoms with Gasteiger partial charge in [0.25, 0.3) is 0 Å². The number of ketones is 1. The molecule has 0 fully saturated rings. The van der Waals surface area contributed by atoms with Gasteiger partial charge < -0.3 is 10.2 Å². The minimum Gasteiger partial charge on any atom is -0.325 e. The van der Waals surface area contributed by atoms with Gasteiger partial charge in [-0.15, -0.1) is 11.8 Å². The van der Waals surface area contributed by atoms with Gasteiger partial charge in [-0.05, 0) is 24.5 Å². The average Bonchev–Trinajstić information content (AvgIpc) is 2.41. The SMILES string of the molecule is CC(=O)c1cccc(NC(=O)CN2C=CSCC2=O)c1. The zero-order valence-electron chi connectivity index (χ0n) is 11.0. The molecule has 0 radical (unpaired) electrons. The second-order valence-corrected chi connectivity index (χ2v) is 5.20. The van der Waals surface area contributed by atoms with E-state index in [1.807, 2.05) is 0 Å². The lowest BCUT2D eigenvalue weighted by molar-refractivity contribution is -0.129. The molecule has 104 valence electrons. The number of Topliss-reactive ketones (excluding diaryl/α,β-unsaturated/α-hetero) is 1. The molecule has 0 saturated heterocycles. The normalized spacial score (nSPS) is 14.2. The van der Waals surface area contributed by atoms with Crippen LogP contribution in [-0.4, -0.2) is 34.8 Å². The maximum Gasteiger partial charge on any atom is 0.244 e. The number of amides is 2. The summed E-state index contributed by atoms with van der Waals surface area (Å²) >= 11 is 1.40. The smallest absolute Gasteiger partial charge is 0.244 e. The van der Waals surface area contributed by atoms with Crippen molar-refractivity contribution in [1.29, 1.82) is 0 Å². The summed E-state index contributed by atoms with van der Waals surface area (Å²) < 4.78 is 0. The molecule has 6 heteroatoms. The van der Waals surface area contributed by atoms with Gasteiger partial charge in [-0.25, -0.2) is 0 Å². The Bertz CT molecular complexity index is 584. The number of thioether (sulfide) groups is 1. The van der Waals surface area contributed by atoms with Crippen molar-refractivity contribution in [2.75, 3.05) is 17.6 Å². The monoisotopic (exact) mass is 290 g/mol. The summed E-state index contributed by atoms with van der Waals surface area (Å²) in [6.45, 7) is 1.44. The minimum atomic E-state index is -0.296. The summed E-state index contributed by atoms with van der Waals surface area (Å²) in [4.78, 5) is 36.1. The summed E-state index contributed by atoms with van der Waals surface area (Å²) in [7, 11) is 0. The summed E-state index contributed by atoms with van der Waals surface area (Å²) in [5, 5.41) is 4.46. The molecule has 1 aliphatic rings. The maximum absolute atomic E-state index is 11.9. The molecule has 0 bridgehead atoms. The van der Waals surface area contributed by atoms with Gasteiger partial charge in [0.05, 0.1) is 5.75 Å². The van der Waals surface area contributed by atoms with E-state index in [4.69, 9.17) is 0 Å². The Morgan fingerprint density at radius 1 is 1.40 bits per heavy atom. The van der Waals surface area contributed by atoms with Crippen molar-refractivity contribution in [1.82, 2.24) is 4.90 Å². The summed E-state index contributed by atoms with van der Waals surface area (Å²) in [5.41, 5.74) is 1.08. The topological polar surface area (TPSA) is 66.5 Å². The number of benzene rings is 1. The molecule has 5 nitrogen and oxygen atoms in total. The van der Waals surface area contributed by atoms with E-state index >= 15 is 0 Å². The van der Waals surface area contributed by atoms with E-state index in [2.05, 4.69) is 5.32 Å². The summed E-state index contributed by atoms with van der Waals surface area (Å²) in [6, 6.07) is 6.71. The van der Waals surface area contributed by atoms with Gasteiger partial charge in [-0.3, -0.25) is 14.4 Å². The van der Waals surface area contributed by atoms with Crippen LogP contribution in [0.15, 0.2) is 35.9 Å². The summed E-state index contributed by atoms with van der Waals surface area (Å²) in [6.07, 6.45) is 1.60. The highest BCUT2D eigenvalue weighted by Crippen LogP contribution is 2.14. The van der Waals surface area contributed by atoms with Gasteiger partial charge in [0.1, 0.15) is 6.54 Å². The number of nitrogens with zero attached hydrogens (tertiary/aromatic N) is 1. The van der Waals surface area contributed by atoms with Crippen LogP contribution < -0.4 is 5.32 Å². The minimum absolute atomic E-state index is 0.0276. The van der Waals surface area contributed by atoms with Crippen LogP contribution in [-0.2, 0) is 9.59 Å². The number of carbonyl (C=O) groups is 3. The molecule has 0 unspecified atom stereocenters. The molecule has 2 amide bonds. The Kier molecular flexibility index (Phi) is 4.57. The third-order valence-corrected chi connectivity index (χ3v) is 3.46. The maximum atomic E-state index is 11.9. The van der Waals surface area contributed by atoms with Crippen molar-refractivity contribution in [3.05, 3.63) is 41.4 Å². The lowest BCUT2D eigenvalue weighted by Crippen LogP contribution is -2.36. The van der Waals surface area contributed by atoms with Crippen molar-refractivity contribution in [2.24, 2.45) is 0 Å².